The van der Waals surface area contributed by atoms with E-state index in [1.54, 1.807) is 0 Å². The van der Waals surface area contributed by atoms with Gasteiger partial charge in [-0.25, -0.2) is 0 Å². The van der Waals surface area contributed by atoms with Crippen LogP contribution in [0.15, 0.2) is 77.0 Å². The first kappa shape index (κ1) is 24.0. The molecule has 0 spiro atoms. The zero-order valence-electron chi connectivity index (χ0n) is 14.6. The third-order valence-corrected chi connectivity index (χ3v) is 3.28. The second-order valence-electron chi connectivity index (χ2n) is 4.34. The molecule has 1 rings (SSSR count). The van der Waals surface area contributed by atoms with Gasteiger partial charge in [0.1, 0.15) is 0 Å². The average Bonchev–Trinajstić information content (AvgIpc) is 2.56. The summed E-state index contributed by atoms with van der Waals surface area (Å²) >= 11 is 3.86. The number of halogens is 2. The molecule has 0 atom stereocenters. The van der Waals surface area contributed by atoms with E-state index in [4.69, 9.17) is 0 Å². The van der Waals surface area contributed by atoms with Gasteiger partial charge in [-0.1, -0.05) is 69.0 Å². The van der Waals surface area contributed by atoms with Gasteiger partial charge in [0.05, 0.1) is 0 Å². The SMILES string of the molecule is C=C=C/C(C=C(C)C)=C(/Br)C(=C)c1ccccc1.CC.CSF. The van der Waals surface area contributed by atoms with E-state index < -0.39 is 0 Å². The third kappa shape index (κ3) is 11.0. The van der Waals surface area contributed by atoms with Gasteiger partial charge in [-0.3, -0.25) is 0 Å². The molecule has 0 fully saturated rings. The molecule has 0 heterocycles. The maximum atomic E-state index is 10.2. The number of rotatable bonds is 4. The molecule has 1 aromatic carbocycles. The van der Waals surface area contributed by atoms with Gasteiger partial charge in [-0.15, -0.1) is 5.73 Å². The van der Waals surface area contributed by atoms with Crippen molar-refractivity contribution in [1.29, 1.82) is 0 Å². The lowest BCUT2D eigenvalue weighted by Crippen LogP contribution is -1.86. The molecule has 0 aliphatic rings. The molecule has 23 heavy (non-hydrogen) atoms. The fourth-order valence-electron chi connectivity index (χ4n) is 1.53. The molecule has 0 N–H and O–H groups in total. The van der Waals surface area contributed by atoms with Crippen molar-refractivity contribution in [1.82, 2.24) is 0 Å². The lowest BCUT2D eigenvalue weighted by atomic mass is 10.0. The molecule has 126 valence electrons. The van der Waals surface area contributed by atoms with Crippen molar-refractivity contribution in [3.63, 3.8) is 0 Å². The van der Waals surface area contributed by atoms with Gasteiger partial charge in [-0.2, -0.15) is 3.89 Å². The van der Waals surface area contributed by atoms with Crippen LogP contribution in [-0.2, 0) is 0 Å². The average molecular weight is 397 g/mol. The van der Waals surface area contributed by atoms with Crippen molar-refractivity contribution in [2.24, 2.45) is 0 Å². The minimum Gasteiger partial charge on any atom is -0.166 e. The fourth-order valence-corrected chi connectivity index (χ4v) is 1.99. The summed E-state index contributed by atoms with van der Waals surface area (Å²) in [6.45, 7) is 15.9. The minimum atomic E-state index is 0.250. The Kier molecular flexibility index (Phi) is 16.3. The Hall–Kier alpha value is -1.28. The maximum Gasteiger partial charge on any atom is 0.0408 e. The number of hydrogen-bond acceptors (Lipinski definition) is 1. The second-order valence-corrected chi connectivity index (χ2v) is 5.44. The summed E-state index contributed by atoms with van der Waals surface area (Å²) < 4.78 is 11.2. The molecule has 0 aliphatic carbocycles. The molecule has 0 amide bonds. The van der Waals surface area contributed by atoms with Crippen molar-refractivity contribution in [3.8, 4) is 0 Å². The summed E-state index contributed by atoms with van der Waals surface area (Å²) in [6.07, 6.45) is 5.31. The van der Waals surface area contributed by atoms with Gasteiger partial charge >= 0.3 is 0 Å². The summed E-state index contributed by atoms with van der Waals surface area (Å²) in [5.41, 5.74) is 7.11. The van der Waals surface area contributed by atoms with Crippen LogP contribution in [-0.4, -0.2) is 6.26 Å². The van der Waals surface area contributed by atoms with Crippen molar-refractivity contribution >= 4 is 33.7 Å². The van der Waals surface area contributed by atoms with Crippen LogP contribution < -0.4 is 0 Å². The smallest absolute Gasteiger partial charge is 0.0408 e. The van der Waals surface area contributed by atoms with Gasteiger partial charge in [0.25, 0.3) is 0 Å². The van der Waals surface area contributed by atoms with Crippen LogP contribution >= 0.6 is 28.1 Å². The van der Waals surface area contributed by atoms with E-state index in [0.29, 0.717) is 0 Å². The lowest BCUT2D eigenvalue weighted by Gasteiger charge is -2.07. The fraction of sp³-hybridized carbons (Fsp3) is 0.250. The van der Waals surface area contributed by atoms with E-state index >= 15 is 0 Å². The molecule has 3 heteroatoms. The molecular weight excluding hydrogens is 371 g/mol. The Morgan fingerprint density at radius 1 is 1.22 bits per heavy atom. The van der Waals surface area contributed by atoms with E-state index in [0.717, 1.165) is 21.2 Å². The normalized spacial score (nSPS) is 9.70. The summed E-state index contributed by atoms with van der Waals surface area (Å²) in [6, 6.07) is 10.1. The van der Waals surface area contributed by atoms with Crippen molar-refractivity contribution in [2.75, 3.05) is 6.26 Å². The Balaban J connectivity index is 0. The molecule has 0 saturated carbocycles. The highest BCUT2D eigenvalue weighted by atomic mass is 79.9. The zero-order valence-corrected chi connectivity index (χ0v) is 17.0. The van der Waals surface area contributed by atoms with Gasteiger partial charge in [0.2, 0.25) is 0 Å². The standard InChI is InChI=1S/C17H17Br.C2H6.CH3FS/c1-5-9-16(12-13(2)3)17(18)14(4)15-10-7-6-8-11-15;1-2;1-3-2/h6-12H,1,4H2,2-3H3;1-2H3;1H3/b17-16-;;. The monoisotopic (exact) mass is 396 g/mol. The predicted molar refractivity (Wildman–Crippen MR) is 111 cm³/mol. The number of benzene rings is 1. The largest absolute Gasteiger partial charge is 0.166 e. The molecule has 0 aliphatic heterocycles. The van der Waals surface area contributed by atoms with Crippen molar-refractivity contribution in [3.05, 3.63) is 82.6 Å². The topological polar surface area (TPSA) is 0 Å². The van der Waals surface area contributed by atoms with Gasteiger partial charge in [0.15, 0.2) is 0 Å². The second kappa shape index (κ2) is 15.6. The van der Waals surface area contributed by atoms with Crippen LogP contribution in [0.2, 0.25) is 0 Å². The van der Waals surface area contributed by atoms with Gasteiger partial charge in [-0.05, 0) is 52.6 Å². The van der Waals surface area contributed by atoms with Crippen LogP contribution in [0.25, 0.3) is 5.57 Å². The molecule has 1 aromatic rings. The molecule has 0 nitrogen and oxygen atoms in total. The number of hydrogen-bond donors (Lipinski definition) is 0. The number of allylic oxidation sites excluding steroid dienone is 6. The highest BCUT2D eigenvalue weighted by Crippen LogP contribution is 2.30. The van der Waals surface area contributed by atoms with Gasteiger partial charge in [0, 0.05) is 22.9 Å². The highest BCUT2D eigenvalue weighted by molar-refractivity contribution is 9.12. The first-order chi connectivity index (χ1) is 11.0. The first-order valence-corrected chi connectivity index (χ1v) is 9.19. The van der Waals surface area contributed by atoms with E-state index in [1.165, 1.54) is 11.8 Å². The molecular formula is C20H26BrFS. The van der Waals surface area contributed by atoms with Crippen LogP contribution in [0.4, 0.5) is 3.89 Å². The van der Waals surface area contributed by atoms with Crippen LogP contribution in [0, 0.1) is 0 Å². The van der Waals surface area contributed by atoms with Gasteiger partial charge < -0.3 is 0 Å². The highest BCUT2D eigenvalue weighted by Gasteiger charge is 2.05. The maximum absolute atomic E-state index is 10.2. The first-order valence-electron chi connectivity index (χ1n) is 7.27. The predicted octanol–water partition coefficient (Wildman–Crippen LogP) is 7.92. The van der Waals surface area contributed by atoms with Crippen molar-refractivity contribution in [2.45, 2.75) is 27.7 Å². The quantitative estimate of drug-likeness (QED) is 0.367. The summed E-state index contributed by atoms with van der Waals surface area (Å²) in [5.74, 6) is 0. The van der Waals surface area contributed by atoms with E-state index in [9.17, 15) is 3.89 Å². The van der Waals surface area contributed by atoms with Crippen LogP contribution in [0.1, 0.15) is 33.3 Å². The Labute approximate surface area is 154 Å². The molecule has 0 radical (unpaired) electrons. The Morgan fingerprint density at radius 2 is 1.70 bits per heavy atom. The minimum absolute atomic E-state index is 0.250. The Bertz CT molecular complexity index is 561. The van der Waals surface area contributed by atoms with Crippen LogP contribution in [0.3, 0.4) is 0 Å². The summed E-state index contributed by atoms with van der Waals surface area (Å²) in [7, 11) is 0. The Morgan fingerprint density at radius 3 is 2.09 bits per heavy atom. The van der Waals surface area contributed by atoms with E-state index in [1.807, 2.05) is 50.3 Å². The lowest BCUT2D eigenvalue weighted by molar-refractivity contribution is 0.944. The third-order valence-electron chi connectivity index (χ3n) is 2.34. The van der Waals surface area contributed by atoms with E-state index in [2.05, 4.69) is 54.7 Å². The molecule has 0 saturated heterocycles. The molecule has 0 bridgehead atoms. The van der Waals surface area contributed by atoms with E-state index in [-0.39, 0.29) is 12.1 Å². The molecule has 0 unspecified atom stereocenters. The summed E-state index contributed by atoms with van der Waals surface area (Å²) in [5, 5.41) is 0. The van der Waals surface area contributed by atoms with Crippen molar-refractivity contribution < 1.29 is 3.89 Å². The molecule has 0 aromatic heterocycles. The summed E-state index contributed by atoms with van der Waals surface area (Å²) in [4.78, 5) is 0. The zero-order chi connectivity index (χ0) is 18.3. The van der Waals surface area contributed by atoms with Crippen LogP contribution in [0.5, 0.6) is 0 Å².